The van der Waals surface area contributed by atoms with E-state index < -0.39 is 45.5 Å². The molecule has 0 aliphatic carbocycles. The van der Waals surface area contributed by atoms with Gasteiger partial charge in [-0.3, -0.25) is 0 Å². The summed E-state index contributed by atoms with van der Waals surface area (Å²) in [7, 11) is 0. The third-order valence-electron chi connectivity index (χ3n) is 6.27. The molecule has 30 heavy (non-hydrogen) atoms. The van der Waals surface area contributed by atoms with Crippen LogP contribution in [0.2, 0.25) is 0 Å². The summed E-state index contributed by atoms with van der Waals surface area (Å²) in [5.74, 6) is -5.96. The molecule has 2 aromatic carbocycles. The Labute approximate surface area is 171 Å². The van der Waals surface area contributed by atoms with Crippen LogP contribution in [0.25, 0.3) is 6.08 Å². The average molecular weight is 419 g/mol. The Bertz CT molecular complexity index is 1050. The fraction of sp³-hybridized carbons (Fsp3) is 0.348. The molecule has 0 aromatic heterocycles. The number of ether oxygens (including phenoxy) is 1. The van der Waals surface area contributed by atoms with E-state index in [9.17, 15) is 22.4 Å². The van der Waals surface area contributed by atoms with Crippen LogP contribution in [0, 0.1) is 30.2 Å². The maximum atomic E-state index is 14.5. The summed E-state index contributed by atoms with van der Waals surface area (Å²) < 4.78 is 62.5. The lowest BCUT2D eigenvalue weighted by Crippen LogP contribution is -2.51. The van der Waals surface area contributed by atoms with E-state index in [1.807, 2.05) is 36.9 Å². The van der Waals surface area contributed by atoms with Crippen LogP contribution in [0.1, 0.15) is 36.1 Å². The van der Waals surface area contributed by atoms with Crippen LogP contribution in [0.15, 0.2) is 24.3 Å². The topological polar surface area (TPSA) is 29.5 Å². The second kappa shape index (κ2) is 6.94. The number of halogens is 4. The number of rotatable bonds is 4. The first-order chi connectivity index (χ1) is 14.2. The second-order valence-electron chi connectivity index (χ2n) is 8.17. The van der Waals surface area contributed by atoms with Gasteiger partial charge in [-0.25, -0.2) is 17.6 Å². The lowest BCUT2D eigenvalue weighted by atomic mass is 9.76. The Morgan fingerprint density at radius 1 is 1.10 bits per heavy atom. The van der Waals surface area contributed by atoms with Gasteiger partial charge in [0.25, 0.3) is 0 Å². The van der Waals surface area contributed by atoms with E-state index in [1.165, 1.54) is 6.08 Å². The molecular formula is C23H21F4NO2. The fourth-order valence-electron chi connectivity index (χ4n) is 4.55. The van der Waals surface area contributed by atoms with Crippen LogP contribution in [0.4, 0.5) is 23.2 Å². The third kappa shape index (κ3) is 2.64. The largest absolute Gasteiger partial charge is 0.349 e. The molecule has 1 unspecified atom stereocenters. The van der Waals surface area contributed by atoms with Gasteiger partial charge in [-0.05, 0) is 36.3 Å². The minimum Gasteiger partial charge on any atom is -0.349 e. The summed E-state index contributed by atoms with van der Waals surface area (Å²) in [6.45, 7) is 5.89. The van der Waals surface area contributed by atoms with E-state index in [0.717, 1.165) is 36.1 Å². The van der Waals surface area contributed by atoms with Gasteiger partial charge in [-0.2, -0.15) is 0 Å². The molecule has 2 aliphatic rings. The minimum atomic E-state index is -1.71. The number of anilines is 1. The molecule has 0 saturated carbocycles. The van der Waals surface area contributed by atoms with E-state index in [2.05, 4.69) is 0 Å². The SMILES string of the molecule is Cc1c(F)c(F)c(F)c(/C=C/C23OCCN2c2ccc(CC=O)cc2C3(C)C)c1F. The van der Waals surface area contributed by atoms with Crippen molar-refractivity contribution in [2.75, 3.05) is 18.1 Å². The Balaban J connectivity index is 1.84. The van der Waals surface area contributed by atoms with Crippen LogP contribution < -0.4 is 4.90 Å². The minimum absolute atomic E-state index is 0.275. The summed E-state index contributed by atoms with van der Waals surface area (Å²) in [4.78, 5) is 12.9. The number of carbonyl (C=O) groups excluding carboxylic acids is 1. The number of nitrogens with zero attached hydrogens (tertiary/aromatic N) is 1. The first-order valence-corrected chi connectivity index (χ1v) is 9.66. The van der Waals surface area contributed by atoms with Gasteiger partial charge in [0.1, 0.15) is 12.1 Å². The monoisotopic (exact) mass is 419 g/mol. The maximum absolute atomic E-state index is 14.5. The lowest BCUT2D eigenvalue weighted by Gasteiger charge is -2.39. The Hall–Kier alpha value is -2.67. The highest BCUT2D eigenvalue weighted by Gasteiger charge is 2.59. The van der Waals surface area contributed by atoms with Gasteiger partial charge in [-0.15, -0.1) is 0 Å². The van der Waals surface area contributed by atoms with E-state index in [4.69, 9.17) is 4.74 Å². The number of benzene rings is 2. The first kappa shape index (κ1) is 20.6. The van der Waals surface area contributed by atoms with Crippen LogP contribution in [-0.4, -0.2) is 25.2 Å². The quantitative estimate of drug-likeness (QED) is 0.308. The summed E-state index contributed by atoms with van der Waals surface area (Å²) >= 11 is 0. The highest BCUT2D eigenvalue weighted by Crippen LogP contribution is 2.55. The molecule has 3 nitrogen and oxygen atoms in total. The first-order valence-electron chi connectivity index (χ1n) is 9.66. The predicted octanol–water partition coefficient (Wildman–Crippen LogP) is 4.83. The van der Waals surface area contributed by atoms with Crippen molar-refractivity contribution in [3.63, 3.8) is 0 Å². The summed E-state index contributed by atoms with van der Waals surface area (Å²) in [5.41, 5.74) is -0.243. The van der Waals surface area contributed by atoms with Gasteiger partial charge < -0.3 is 14.4 Å². The van der Waals surface area contributed by atoms with Crippen molar-refractivity contribution in [2.24, 2.45) is 0 Å². The van der Waals surface area contributed by atoms with Crippen molar-refractivity contribution in [1.82, 2.24) is 0 Å². The normalized spacial score (nSPS) is 21.9. The van der Waals surface area contributed by atoms with Crippen molar-refractivity contribution in [3.05, 3.63) is 69.8 Å². The molecule has 2 aromatic rings. The van der Waals surface area contributed by atoms with Crippen LogP contribution in [0.3, 0.4) is 0 Å². The Kier molecular flexibility index (Phi) is 4.77. The second-order valence-corrected chi connectivity index (χ2v) is 8.17. The highest BCUT2D eigenvalue weighted by molar-refractivity contribution is 5.71. The smallest absolute Gasteiger partial charge is 0.195 e. The Morgan fingerprint density at radius 2 is 1.83 bits per heavy atom. The molecule has 4 rings (SSSR count). The molecule has 0 amide bonds. The number of carbonyl (C=O) groups is 1. The average Bonchev–Trinajstić information content (AvgIpc) is 3.22. The number of hydrogen-bond donors (Lipinski definition) is 0. The van der Waals surface area contributed by atoms with Crippen LogP contribution in [-0.2, 0) is 21.4 Å². The molecule has 1 atom stereocenters. The standard InChI is InChI=1S/C23H21F4NO2/c1-13-18(24)15(20(26)21(27)19(13)25)6-8-23-22(2,3)16-12-14(7-10-29)4-5-17(16)28(23)9-11-30-23/h4-6,8,10,12H,7,9,11H2,1-3H3/b8-6+. The van der Waals surface area contributed by atoms with Gasteiger partial charge in [0, 0.05) is 35.2 Å². The zero-order valence-corrected chi connectivity index (χ0v) is 16.9. The van der Waals surface area contributed by atoms with Crippen molar-refractivity contribution in [1.29, 1.82) is 0 Å². The molecular weight excluding hydrogens is 398 g/mol. The van der Waals surface area contributed by atoms with Gasteiger partial charge in [-0.1, -0.05) is 26.0 Å². The molecule has 7 heteroatoms. The maximum Gasteiger partial charge on any atom is 0.195 e. The van der Waals surface area contributed by atoms with Crippen molar-refractivity contribution < 1.29 is 27.1 Å². The van der Waals surface area contributed by atoms with E-state index in [0.29, 0.717) is 13.2 Å². The van der Waals surface area contributed by atoms with E-state index in [1.54, 1.807) is 0 Å². The van der Waals surface area contributed by atoms with Crippen molar-refractivity contribution >= 4 is 18.0 Å². The van der Waals surface area contributed by atoms with E-state index in [-0.39, 0.29) is 6.42 Å². The molecule has 1 saturated heterocycles. The van der Waals surface area contributed by atoms with E-state index >= 15 is 0 Å². The molecule has 0 radical (unpaired) electrons. The van der Waals surface area contributed by atoms with Gasteiger partial charge >= 0.3 is 0 Å². The van der Waals surface area contributed by atoms with Crippen LogP contribution in [0.5, 0.6) is 0 Å². The molecule has 0 bridgehead atoms. The number of fused-ring (bicyclic) bond motifs is 3. The van der Waals surface area contributed by atoms with Gasteiger partial charge in [0.05, 0.1) is 6.61 Å². The summed E-state index contributed by atoms with van der Waals surface area (Å²) in [5, 5.41) is 0. The van der Waals surface area contributed by atoms with Crippen LogP contribution >= 0.6 is 0 Å². The number of aldehydes is 1. The van der Waals surface area contributed by atoms with Crippen molar-refractivity contribution in [3.8, 4) is 0 Å². The molecule has 2 heterocycles. The highest BCUT2D eigenvalue weighted by atomic mass is 19.2. The predicted molar refractivity (Wildman–Crippen MR) is 105 cm³/mol. The molecule has 0 spiro atoms. The lowest BCUT2D eigenvalue weighted by molar-refractivity contribution is -0.107. The van der Waals surface area contributed by atoms with Crippen molar-refractivity contribution in [2.45, 2.75) is 38.3 Å². The van der Waals surface area contributed by atoms with Gasteiger partial charge in [0.2, 0.25) is 0 Å². The molecule has 2 aliphatic heterocycles. The summed E-state index contributed by atoms with van der Waals surface area (Å²) in [6, 6.07) is 5.70. The Morgan fingerprint density at radius 3 is 2.53 bits per heavy atom. The zero-order chi connectivity index (χ0) is 21.8. The molecule has 158 valence electrons. The zero-order valence-electron chi connectivity index (χ0n) is 16.9. The summed E-state index contributed by atoms with van der Waals surface area (Å²) in [6.07, 6.45) is 3.74. The third-order valence-corrected chi connectivity index (χ3v) is 6.27. The number of hydrogen-bond acceptors (Lipinski definition) is 3. The fourth-order valence-corrected chi connectivity index (χ4v) is 4.55. The molecule has 0 N–H and O–H groups in total. The molecule has 1 fully saturated rings. The van der Waals surface area contributed by atoms with Gasteiger partial charge in [0.15, 0.2) is 23.2 Å².